The Labute approximate surface area is 150 Å². The standard InChI is InChI=1S/C18H20N4O2S/c1-3-4-10-22-16(19-20-21-22)12-24-18(23)17-15(9-11-25-17)14-7-5-13(2)6-8-14/h5-9,11H,3-4,10,12H2,1-2H3. The average Bonchev–Trinajstić information content (AvgIpc) is 3.28. The molecule has 0 atom stereocenters. The lowest BCUT2D eigenvalue weighted by Gasteiger charge is -2.07. The monoisotopic (exact) mass is 356 g/mol. The minimum Gasteiger partial charge on any atom is -0.453 e. The fourth-order valence-corrected chi connectivity index (χ4v) is 3.24. The maximum atomic E-state index is 12.5. The first kappa shape index (κ1) is 17.3. The molecule has 0 aliphatic carbocycles. The van der Waals surface area contributed by atoms with Crippen molar-refractivity contribution in [1.29, 1.82) is 0 Å². The molecule has 6 nitrogen and oxygen atoms in total. The predicted octanol–water partition coefficient (Wildman–Crippen LogP) is 3.87. The van der Waals surface area contributed by atoms with Crippen molar-refractivity contribution >= 4 is 17.3 Å². The van der Waals surface area contributed by atoms with Gasteiger partial charge < -0.3 is 4.74 Å². The molecule has 0 saturated carbocycles. The third-order valence-corrected chi connectivity index (χ3v) is 4.77. The molecule has 7 heteroatoms. The van der Waals surface area contributed by atoms with Crippen LogP contribution in [0.3, 0.4) is 0 Å². The van der Waals surface area contributed by atoms with Gasteiger partial charge in [0.2, 0.25) is 0 Å². The highest BCUT2D eigenvalue weighted by Crippen LogP contribution is 2.29. The molecule has 0 spiro atoms. The number of nitrogens with zero attached hydrogens (tertiary/aromatic N) is 4. The molecule has 0 amide bonds. The van der Waals surface area contributed by atoms with E-state index < -0.39 is 0 Å². The number of carbonyl (C=O) groups excluding carboxylic acids is 1. The Morgan fingerprint density at radius 3 is 2.80 bits per heavy atom. The molecule has 0 saturated heterocycles. The van der Waals surface area contributed by atoms with Gasteiger partial charge in [0.05, 0.1) is 0 Å². The zero-order valence-corrected chi connectivity index (χ0v) is 15.1. The Balaban J connectivity index is 1.70. The first-order valence-corrected chi connectivity index (χ1v) is 9.13. The molecular formula is C18H20N4O2S. The van der Waals surface area contributed by atoms with E-state index in [4.69, 9.17) is 4.74 Å². The average molecular weight is 356 g/mol. The van der Waals surface area contributed by atoms with E-state index >= 15 is 0 Å². The third kappa shape index (κ3) is 4.11. The third-order valence-electron chi connectivity index (χ3n) is 3.88. The van der Waals surface area contributed by atoms with Gasteiger partial charge in [-0.1, -0.05) is 43.2 Å². The second kappa shape index (κ2) is 8.02. The van der Waals surface area contributed by atoms with Crippen molar-refractivity contribution in [3.05, 3.63) is 52.0 Å². The highest BCUT2D eigenvalue weighted by molar-refractivity contribution is 7.12. The van der Waals surface area contributed by atoms with Gasteiger partial charge >= 0.3 is 5.97 Å². The number of esters is 1. The largest absolute Gasteiger partial charge is 0.453 e. The van der Waals surface area contributed by atoms with Gasteiger partial charge in [-0.2, -0.15) is 0 Å². The van der Waals surface area contributed by atoms with Crippen LogP contribution in [-0.2, 0) is 17.9 Å². The topological polar surface area (TPSA) is 69.9 Å². The van der Waals surface area contributed by atoms with E-state index in [1.165, 1.54) is 16.9 Å². The summed E-state index contributed by atoms with van der Waals surface area (Å²) in [6, 6.07) is 10.0. The highest BCUT2D eigenvalue weighted by atomic mass is 32.1. The molecule has 0 aliphatic rings. The molecule has 0 fully saturated rings. The van der Waals surface area contributed by atoms with Crippen molar-refractivity contribution in [2.75, 3.05) is 0 Å². The second-order valence-electron chi connectivity index (χ2n) is 5.78. The summed E-state index contributed by atoms with van der Waals surface area (Å²) in [7, 11) is 0. The molecule has 0 radical (unpaired) electrons. The van der Waals surface area contributed by atoms with E-state index in [1.54, 1.807) is 4.68 Å². The molecule has 0 N–H and O–H groups in total. The first-order valence-electron chi connectivity index (χ1n) is 8.25. The quantitative estimate of drug-likeness (QED) is 0.601. The van der Waals surface area contributed by atoms with Gasteiger partial charge in [0.15, 0.2) is 12.4 Å². The lowest BCUT2D eigenvalue weighted by atomic mass is 10.1. The van der Waals surface area contributed by atoms with Crippen LogP contribution < -0.4 is 0 Å². The maximum absolute atomic E-state index is 12.5. The predicted molar refractivity (Wildman–Crippen MR) is 96.3 cm³/mol. The summed E-state index contributed by atoms with van der Waals surface area (Å²) in [6.07, 6.45) is 2.03. The van der Waals surface area contributed by atoms with E-state index in [9.17, 15) is 4.79 Å². The Kier molecular flexibility index (Phi) is 5.55. The zero-order chi connectivity index (χ0) is 17.6. The van der Waals surface area contributed by atoms with Gasteiger partial charge in [-0.05, 0) is 40.8 Å². The molecule has 0 aliphatic heterocycles. The zero-order valence-electron chi connectivity index (χ0n) is 14.3. The minimum absolute atomic E-state index is 0.0702. The molecule has 2 heterocycles. The summed E-state index contributed by atoms with van der Waals surface area (Å²) in [5.74, 6) is 0.214. The Bertz CT molecular complexity index is 839. The number of hydrogen-bond acceptors (Lipinski definition) is 6. The molecule has 1 aromatic carbocycles. The highest BCUT2D eigenvalue weighted by Gasteiger charge is 2.17. The van der Waals surface area contributed by atoms with Crippen molar-refractivity contribution in [2.45, 2.75) is 39.8 Å². The smallest absolute Gasteiger partial charge is 0.349 e. The van der Waals surface area contributed by atoms with E-state index in [0.717, 1.165) is 30.5 Å². The van der Waals surface area contributed by atoms with Crippen LogP contribution in [-0.4, -0.2) is 26.2 Å². The number of tetrazole rings is 1. The lowest BCUT2D eigenvalue weighted by molar-refractivity contribution is 0.0463. The fourth-order valence-electron chi connectivity index (χ4n) is 2.43. The van der Waals surface area contributed by atoms with Crippen LogP contribution in [0.4, 0.5) is 0 Å². The van der Waals surface area contributed by atoms with Crippen molar-refractivity contribution in [3.8, 4) is 11.1 Å². The molecular weight excluding hydrogens is 336 g/mol. The van der Waals surface area contributed by atoms with Crippen molar-refractivity contribution in [1.82, 2.24) is 20.2 Å². The normalized spacial score (nSPS) is 10.8. The number of aromatic nitrogens is 4. The number of benzene rings is 1. The Morgan fingerprint density at radius 1 is 1.24 bits per heavy atom. The van der Waals surface area contributed by atoms with E-state index in [-0.39, 0.29) is 12.6 Å². The van der Waals surface area contributed by atoms with Gasteiger partial charge in [0, 0.05) is 12.1 Å². The SMILES string of the molecule is CCCCn1nnnc1COC(=O)c1sccc1-c1ccc(C)cc1. The molecule has 25 heavy (non-hydrogen) atoms. The van der Waals surface area contributed by atoms with Crippen LogP contribution in [0.1, 0.15) is 40.8 Å². The molecule has 0 unspecified atom stereocenters. The van der Waals surface area contributed by atoms with Crippen LogP contribution in [0, 0.1) is 6.92 Å². The number of rotatable bonds is 7. The van der Waals surface area contributed by atoms with Gasteiger partial charge in [0.1, 0.15) is 4.88 Å². The molecule has 130 valence electrons. The number of carbonyl (C=O) groups is 1. The first-order chi connectivity index (χ1) is 12.2. The van der Waals surface area contributed by atoms with Crippen LogP contribution in [0.2, 0.25) is 0 Å². The summed E-state index contributed by atoms with van der Waals surface area (Å²) in [5, 5.41) is 13.4. The summed E-state index contributed by atoms with van der Waals surface area (Å²) < 4.78 is 7.13. The van der Waals surface area contributed by atoms with Crippen molar-refractivity contribution in [2.24, 2.45) is 0 Å². The minimum atomic E-state index is -0.351. The van der Waals surface area contributed by atoms with Gasteiger partial charge in [-0.15, -0.1) is 16.4 Å². The number of thiophene rings is 1. The van der Waals surface area contributed by atoms with Crippen molar-refractivity contribution < 1.29 is 9.53 Å². The van der Waals surface area contributed by atoms with E-state index in [1.807, 2.05) is 42.6 Å². The number of aryl methyl sites for hydroxylation is 2. The summed E-state index contributed by atoms with van der Waals surface area (Å²) in [4.78, 5) is 13.1. The fraction of sp³-hybridized carbons (Fsp3) is 0.333. The molecule has 3 rings (SSSR count). The lowest BCUT2D eigenvalue weighted by Crippen LogP contribution is -2.11. The van der Waals surface area contributed by atoms with Crippen LogP contribution in [0.5, 0.6) is 0 Å². The summed E-state index contributed by atoms with van der Waals surface area (Å²) in [5.41, 5.74) is 3.08. The number of ether oxygens (including phenoxy) is 1. The molecule has 0 bridgehead atoms. The summed E-state index contributed by atoms with van der Waals surface area (Å²) in [6.45, 7) is 4.94. The van der Waals surface area contributed by atoms with Crippen LogP contribution in [0.15, 0.2) is 35.7 Å². The van der Waals surface area contributed by atoms with Crippen LogP contribution in [0.25, 0.3) is 11.1 Å². The van der Waals surface area contributed by atoms with Crippen molar-refractivity contribution in [3.63, 3.8) is 0 Å². The van der Waals surface area contributed by atoms with Gasteiger partial charge in [0.25, 0.3) is 0 Å². The Hall–Kier alpha value is -2.54. The molecule has 3 aromatic rings. The van der Waals surface area contributed by atoms with E-state index in [0.29, 0.717) is 10.7 Å². The maximum Gasteiger partial charge on any atom is 0.349 e. The van der Waals surface area contributed by atoms with E-state index in [2.05, 4.69) is 22.4 Å². The number of unbranched alkanes of at least 4 members (excludes halogenated alkanes) is 1. The number of hydrogen-bond donors (Lipinski definition) is 0. The Morgan fingerprint density at radius 2 is 2.04 bits per heavy atom. The van der Waals surface area contributed by atoms with Gasteiger partial charge in [-0.25, -0.2) is 9.48 Å². The second-order valence-corrected chi connectivity index (χ2v) is 6.69. The van der Waals surface area contributed by atoms with Crippen LogP contribution >= 0.6 is 11.3 Å². The van der Waals surface area contributed by atoms with Gasteiger partial charge in [-0.3, -0.25) is 0 Å². The molecule has 2 aromatic heterocycles. The summed E-state index contributed by atoms with van der Waals surface area (Å²) >= 11 is 1.38.